The predicted octanol–water partition coefficient (Wildman–Crippen LogP) is 4.55. The van der Waals surface area contributed by atoms with Crippen LogP contribution < -0.4 is 4.74 Å². The predicted molar refractivity (Wildman–Crippen MR) is 74.6 cm³/mol. The first kappa shape index (κ1) is 12.9. The molecule has 2 aromatic carbocycles. The lowest BCUT2D eigenvalue weighted by atomic mass is 10.2. The molecule has 0 amide bonds. The molecule has 2 nitrogen and oxygen atoms in total. The topological polar surface area (TPSA) is 33.0 Å². The molecule has 0 aromatic heterocycles. The molecular weight excluding hydrogens is 314 g/mol. The van der Waals surface area contributed by atoms with Crippen molar-refractivity contribution in [3.05, 3.63) is 63.1 Å². The highest BCUT2D eigenvalue weighted by molar-refractivity contribution is 9.10. The van der Waals surface area contributed by atoms with Crippen LogP contribution >= 0.6 is 27.5 Å². The first-order valence-corrected chi connectivity index (χ1v) is 6.43. The molecule has 0 saturated heterocycles. The van der Waals surface area contributed by atoms with Crippen molar-refractivity contribution in [2.24, 2.45) is 0 Å². The molecular formula is C14H9BrClNO. The Morgan fingerprint density at radius 2 is 2.00 bits per heavy atom. The summed E-state index contributed by atoms with van der Waals surface area (Å²) in [5, 5.41) is 9.65. The van der Waals surface area contributed by atoms with Gasteiger partial charge in [0.25, 0.3) is 0 Å². The Kier molecular flexibility index (Phi) is 4.24. The lowest BCUT2D eigenvalue weighted by Gasteiger charge is -2.09. The van der Waals surface area contributed by atoms with Crippen LogP contribution in [-0.4, -0.2) is 0 Å². The molecule has 0 atom stereocenters. The monoisotopic (exact) mass is 321 g/mol. The molecule has 2 rings (SSSR count). The van der Waals surface area contributed by atoms with Crippen LogP contribution in [0.25, 0.3) is 0 Å². The minimum Gasteiger partial charge on any atom is -0.487 e. The zero-order valence-corrected chi connectivity index (χ0v) is 11.7. The van der Waals surface area contributed by atoms with Gasteiger partial charge in [-0.3, -0.25) is 0 Å². The van der Waals surface area contributed by atoms with Crippen molar-refractivity contribution in [3.8, 4) is 11.8 Å². The highest BCUT2D eigenvalue weighted by Crippen LogP contribution is 2.25. The molecule has 0 fully saturated rings. The number of nitriles is 1. The van der Waals surface area contributed by atoms with E-state index in [1.54, 1.807) is 18.2 Å². The summed E-state index contributed by atoms with van der Waals surface area (Å²) < 4.78 is 6.51. The van der Waals surface area contributed by atoms with E-state index >= 15 is 0 Å². The second-order valence-electron chi connectivity index (χ2n) is 3.63. The van der Waals surface area contributed by atoms with Crippen LogP contribution in [0.1, 0.15) is 11.1 Å². The third-order valence-electron chi connectivity index (χ3n) is 2.41. The first-order valence-electron chi connectivity index (χ1n) is 5.26. The van der Waals surface area contributed by atoms with Crippen molar-refractivity contribution >= 4 is 27.5 Å². The van der Waals surface area contributed by atoms with Gasteiger partial charge in [-0.05, 0) is 24.3 Å². The van der Waals surface area contributed by atoms with Crippen LogP contribution in [0.15, 0.2) is 46.9 Å². The van der Waals surface area contributed by atoms with Gasteiger partial charge in [0, 0.05) is 15.1 Å². The Morgan fingerprint density at radius 1 is 1.22 bits per heavy atom. The van der Waals surface area contributed by atoms with Gasteiger partial charge in [-0.1, -0.05) is 45.7 Å². The molecule has 0 unspecified atom stereocenters. The smallest absolute Gasteiger partial charge is 0.138 e. The molecule has 90 valence electrons. The van der Waals surface area contributed by atoms with Crippen LogP contribution in [-0.2, 0) is 6.61 Å². The first-order chi connectivity index (χ1) is 8.70. The molecule has 0 radical (unpaired) electrons. The lowest BCUT2D eigenvalue weighted by Crippen LogP contribution is -1.98. The summed E-state index contributed by atoms with van der Waals surface area (Å²) in [5.74, 6) is 0.548. The van der Waals surface area contributed by atoms with Crippen molar-refractivity contribution in [1.29, 1.82) is 5.26 Å². The van der Waals surface area contributed by atoms with E-state index in [4.69, 9.17) is 21.6 Å². The lowest BCUT2D eigenvalue weighted by molar-refractivity contribution is 0.305. The van der Waals surface area contributed by atoms with Gasteiger partial charge >= 0.3 is 0 Å². The van der Waals surface area contributed by atoms with E-state index in [2.05, 4.69) is 22.0 Å². The van der Waals surface area contributed by atoms with E-state index in [1.165, 1.54) is 0 Å². The van der Waals surface area contributed by atoms with Crippen LogP contribution in [0.4, 0.5) is 0 Å². The van der Waals surface area contributed by atoms with E-state index in [0.717, 1.165) is 10.0 Å². The highest BCUT2D eigenvalue weighted by Gasteiger charge is 2.05. The summed E-state index contributed by atoms with van der Waals surface area (Å²) in [6.07, 6.45) is 0. The molecule has 0 heterocycles. The van der Waals surface area contributed by atoms with Gasteiger partial charge < -0.3 is 4.74 Å². The van der Waals surface area contributed by atoms with Gasteiger partial charge in [-0.15, -0.1) is 0 Å². The number of ether oxygens (including phenoxy) is 1. The van der Waals surface area contributed by atoms with Gasteiger partial charge in [0.2, 0.25) is 0 Å². The molecule has 0 aliphatic carbocycles. The van der Waals surface area contributed by atoms with E-state index in [1.807, 2.05) is 24.3 Å². The van der Waals surface area contributed by atoms with Gasteiger partial charge in [0.05, 0.1) is 5.56 Å². The average Bonchev–Trinajstić information content (AvgIpc) is 2.38. The second kappa shape index (κ2) is 5.90. The standard InChI is InChI=1S/C14H9BrClNO/c15-12-6-5-10(8-17)14(7-12)18-9-11-3-1-2-4-13(11)16/h1-7H,9H2. The molecule has 0 N–H and O–H groups in total. The SMILES string of the molecule is N#Cc1ccc(Br)cc1OCc1ccccc1Cl. The maximum absolute atomic E-state index is 8.99. The van der Waals surface area contributed by atoms with Crippen LogP contribution in [0, 0.1) is 11.3 Å². The quantitative estimate of drug-likeness (QED) is 0.830. The van der Waals surface area contributed by atoms with E-state index in [9.17, 15) is 0 Å². The zero-order chi connectivity index (χ0) is 13.0. The summed E-state index contributed by atoms with van der Waals surface area (Å²) in [5.41, 5.74) is 1.40. The number of rotatable bonds is 3. The van der Waals surface area contributed by atoms with Crippen LogP contribution in [0.5, 0.6) is 5.75 Å². The Hall–Kier alpha value is -1.50. The summed E-state index contributed by atoms with van der Waals surface area (Å²) in [6, 6.07) is 14.9. The fourth-order valence-electron chi connectivity index (χ4n) is 1.48. The number of hydrogen-bond acceptors (Lipinski definition) is 2. The average molecular weight is 323 g/mol. The number of hydrogen-bond donors (Lipinski definition) is 0. The van der Waals surface area contributed by atoms with Gasteiger partial charge in [-0.25, -0.2) is 0 Å². The van der Waals surface area contributed by atoms with Gasteiger partial charge in [0.1, 0.15) is 18.4 Å². The molecule has 0 bridgehead atoms. The molecule has 2 aromatic rings. The minimum absolute atomic E-state index is 0.338. The number of nitrogens with zero attached hydrogens (tertiary/aromatic N) is 1. The largest absolute Gasteiger partial charge is 0.487 e. The van der Waals surface area contributed by atoms with Crippen molar-refractivity contribution in [1.82, 2.24) is 0 Å². The number of benzene rings is 2. The molecule has 18 heavy (non-hydrogen) atoms. The molecule has 4 heteroatoms. The Bertz CT molecular complexity index is 607. The highest BCUT2D eigenvalue weighted by atomic mass is 79.9. The molecule has 0 aliphatic heterocycles. The minimum atomic E-state index is 0.338. The maximum Gasteiger partial charge on any atom is 0.138 e. The summed E-state index contributed by atoms with van der Waals surface area (Å²) >= 11 is 9.39. The third-order valence-corrected chi connectivity index (χ3v) is 3.27. The second-order valence-corrected chi connectivity index (χ2v) is 4.96. The van der Waals surface area contributed by atoms with E-state index < -0.39 is 0 Å². The summed E-state index contributed by atoms with van der Waals surface area (Å²) in [6.45, 7) is 0.338. The Labute approximate surface area is 119 Å². The van der Waals surface area contributed by atoms with Crippen molar-refractivity contribution in [3.63, 3.8) is 0 Å². The summed E-state index contributed by atoms with van der Waals surface area (Å²) in [4.78, 5) is 0. The Balaban J connectivity index is 2.18. The van der Waals surface area contributed by atoms with Gasteiger partial charge in [0.15, 0.2) is 0 Å². The normalized spacial score (nSPS) is 9.83. The maximum atomic E-state index is 8.99. The van der Waals surface area contributed by atoms with Gasteiger partial charge in [-0.2, -0.15) is 5.26 Å². The van der Waals surface area contributed by atoms with Crippen LogP contribution in [0.2, 0.25) is 5.02 Å². The fraction of sp³-hybridized carbons (Fsp3) is 0.0714. The zero-order valence-electron chi connectivity index (χ0n) is 9.36. The molecule has 0 aliphatic rings. The van der Waals surface area contributed by atoms with Crippen molar-refractivity contribution in [2.45, 2.75) is 6.61 Å². The van der Waals surface area contributed by atoms with Crippen molar-refractivity contribution in [2.75, 3.05) is 0 Å². The molecule has 0 saturated carbocycles. The van der Waals surface area contributed by atoms with Crippen LogP contribution in [0.3, 0.4) is 0 Å². The third kappa shape index (κ3) is 3.04. The van der Waals surface area contributed by atoms with E-state index in [0.29, 0.717) is 22.9 Å². The number of halogens is 2. The fourth-order valence-corrected chi connectivity index (χ4v) is 2.01. The Morgan fingerprint density at radius 3 is 2.72 bits per heavy atom. The molecule has 0 spiro atoms. The summed E-state index contributed by atoms with van der Waals surface area (Å²) in [7, 11) is 0. The van der Waals surface area contributed by atoms with E-state index in [-0.39, 0.29) is 0 Å². The van der Waals surface area contributed by atoms with Crippen molar-refractivity contribution < 1.29 is 4.74 Å².